The summed E-state index contributed by atoms with van der Waals surface area (Å²) in [5.74, 6) is 2.35. The quantitative estimate of drug-likeness (QED) is 0.240. The van der Waals surface area contributed by atoms with Crippen molar-refractivity contribution in [2.24, 2.45) is 0 Å². The van der Waals surface area contributed by atoms with E-state index in [0.717, 1.165) is 10.2 Å². The molecule has 0 heterocycles. The lowest BCUT2D eigenvalue weighted by Gasteiger charge is -2.29. The van der Waals surface area contributed by atoms with Crippen LogP contribution in [0.25, 0.3) is 0 Å². The summed E-state index contributed by atoms with van der Waals surface area (Å²) in [6.45, 7) is 3.60. The smallest absolute Gasteiger partial charge is 0.125 e. The van der Waals surface area contributed by atoms with Gasteiger partial charge in [-0.05, 0) is 18.4 Å². The predicted octanol–water partition coefficient (Wildman–Crippen LogP) is 6.09. The number of rotatable bonds is 13. The Morgan fingerprint density at radius 2 is 1.41 bits per heavy atom. The maximum Gasteiger partial charge on any atom is 0.125 e. The van der Waals surface area contributed by atoms with Crippen LogP contribution in [-0.4, -0.2) is 31.0 Å². The molecule has 2 heteroatoms. The molecule has 1 aromatic rings. The lowest BCUT2D eigenvalue weighted by Crippen LogP contribution is -2.39. The highest BCUT2D eigenvalue weighted by Crippen LogP contribution is 2.17. The molecule has 0 saturated carbocycles. The minimum atomic E-state index is 1.14. The van der Waals surface area contributed by atoms with Gasteiger partial charge in [-0.1, -0.05) is 87.5 Å². The van der Waals surface area contributed by atoms with E-state index in [1.807, 2.05) is 0 Å². The van der Waals surface area contributed by atoms with Gasteiger partial charge in [0.1, 0.15) is 5.88 Å². The summed E-state index contributed by atoms with van der Waals surface area (Å²) in [6, 6.07) is 10.8. The molecule has 0 spiro atoms. The maximum atomic E-state index is 2.37. The summed E-state index contributed by atoms with van der Waals surface area (Å²) < 4.78 is 1.15. The minimum absolute atomic E-state index is 1.14. The van der Waals surface area contributed by atoms with E-state index in [0.29, 0.717) is 0 Å². The van der Waals surface area contributed by atoms with E-state index in [9.17, 15) is 0 Å². The predicted molar refractivity (Wildman–Crippen MR) is 102 cm³/mol. The zero-order valence-corrected chi connectivity index (χ0v) is 15.8. The summed E-state index contributed by atoms with van der Waals surface area (Å²) in [6.07, 6.45) is 11.3. The summed E-state index contributed by atoms with van der Waals surface area (Å²) in [7, 11) is 4.75. The second-order valence-corrected chi connectivity index (χ2v) is 8.05. The molecule has 0 aliphatic rings. The molecule has 0 aliphatic heterocycles. The molecule has 1 aromatic carbocycles. The summed E-state index contributed by atoms with van der Waals surface area (Å²) >= 11 is 2.06. The standard InChI is InChI=1S/C20H36NS/c1-4-5-6-7-8-9-10-14-17-21(2,3)19-22-18-20-15-12-11-13-16-20/h11-13,15-16H,4-10,14,17-19H2,1-3H3/q+1. The highest BCUT2D eigenvalue weighted by Gasteiger charge is 2.14. The fourth-order valence-electron chi connectivity index (χ4n) is 2.72. The van der Waals surface area contributed by atoms with Crippen LogP contribution in [0.15, 0.2) is 30.3 Å². The summed E-state index contributed by atoms with van der Waals surface area (Å²) in [5.41, 5.74) is 1.44. The minimum Gasteiger partial charge on any atom is -0.320 e. The summed E-state index contributed by atoms with van der Waals surface area (Å²) in [4.78, 5) is 0. The van der Waals surface area contributed by atoms with Crippen LogP contribution in [0.1, 0.15) is 63.9 Å². The number of hydrogen-bond acceptors (Lipinski definition) is 1. The molecule has 126 valence electrons. The van der Waals surface area contributed by atoms with Gasteiger partial charge in [-0.3, -0.25) is 0 Å². The Morgan fingerprint density at radius 3 is 2.05 bits per heavy atom. The SMILES string of the molecule is CCCCCCCCCC[N+](C)(C)CSCc1ccccc1. The van der Waals surface area contributed by atoms with Crippen molar-refractivity contribution in [3.63, 3.8) is 0 Å². The Morgan fingerprint density at radius 1 is 0.818 bits per heavy atom. The van der Waals surface area contributed by atoms with Gasteiger partial charge in [0.2, 0.25) is 0 Å². The third kappa shape index (κ3) is 10.3. The van der Waals surface area contributed by atoms with Crippen molar-refractivity contribution in [1.29, 1.82) is 0 Å². The van der Waals surface area contributed by atoms with Gasteiger partial charge in [0.05, 0.1) is 20.6 Å². The Kier molecular flexibility index (Phi) is 10.7. The normalized spacial score (nSPS) is 11.8. The van der Waals surface area contributed by atoms with Gasteiger partial charge in [0.15, 0.2) is 0 Å². The van der Waals surface area contributed by atoms with Crippen molar-refractivity contribution < 1.29 is 4.48 Å². The van der Waals surface area contributed by atoms with Crippen LogP contribution in [0.3, 0.4) is 0 Å². The number of quaternary nitrogens is 1. The topological polar surface area (TPSA) is 0 Å². The molecule has 0 N–H and O–H groups in total. The van der Waals surface area contributed by atoms with Crippen molar-refractivity contribution in [2.45, 2.75) is 64.0 Å². The molecule has 1 rings (SSSR count). The Labute approximate surface area is 143 Å². The zero-order chi connectivity index (χ0) is 16.1. The number of thioether (sulfide) groups is 1. The molecule has 0 amide bonds. The first-order valence-corrected chi connectivity index (χ1v) is 10.2. The van der Waals surface area contributed by atoms with Crippen LogP contribution in [-0.2, 0) is 5.75 Å². The fourth-order valence-corrected chi connectivity index (χ4v) is 3.87. The number of benzene rings is 1. The third-order valence-corrected chi connectivity index (χ3v) is 5.59. The molecule has 1 nitrogen and oxygen atoms in total. The molecule has 22 heavy (non-hydrogen) atoms. The van der Waals surface area contributed by atoms with Gasteiger partial charge in [-0.15, -0.1) is 0 Å². The molecule has 0 bridgehead atoms. The summed E-state index contributed by atoms with van der Waals surface area (Å²) in [5, 5.41) is 0. The van der Waals surface area contributed by atoms with E-state index < -0.39 is 0 Å². The average Bonchev–Trinajstić information content (AvgIpc) is 2.51. The first-order valence-electron chi connectivity index (χ1n) is 9.08. The Hall–Kier alpha value is -0.470. The van der Waals surface area contributed by atoms with Gasteiger partial charge in [-0.25, -0.2) is 0 Å². The lowest BCUT2D eigenvalue weighted by atomic mass is 10.1. The highest BCUT2D eigenvalue weighted by molar-refractivity contribution is 7.98. The van der Waals surface area contributed by atoms with Gasteiger partial charge >= 0.3 is 0 Å². The molecule has 0 aliphatic carbocycles. The van der Waals surface area contributed by atoms with E-state index in [-0.39, 0.29) is 0 Å². The van der Waals surface area contributed by atoms with Crippen LogP contribution in [0.2, 0.25) is 0 Å². The van der Waals surface area contributed by atoms with Crippen LogP contribution in [0, 0.1) is 0 Å². The molecule has 0 saturated heterocycles. The first kappa shape index (κ1) is 19.6. The number of hydrogen-bond donors (Lipinski definition) is 0. The second kappa shape index (κ2) is 12.0. The van der Waals surface area contributed by atoms with Crippen molar-refractivity contribution in [2.75, 3.05) is 26.5 Å². The van der Waals surface area contributed by atoms with Crippen molar-refractivity contribution in [3.8, 4) is 0 Å². The third-order valence-electron chi connectivity index (χ3n) is 4.17. The Balaban J connectivity index is 2.01. The number of unbranched alkanes of at least 4 members (excludes halogenated alkanes) is 7. The van der Waals surface area contributed by atoms with Gasteiger partial charge < -0.3 is 4.48 Å². The van der Waals surface area contributed by atoms with E-state index in [1.54, 1.807) is 0 Å². The molecule has 0 fully saturated rings. The van der Waals surface area contributed by atoms with Crippen LogP contribution in [0.4, 0.5) is 0 Å². The molecule has 0 radical (unpaired) electrons. The zero-order valence-electron chi connectivity index (χ0n) is 15.0. The lowest BCUT2D eigenvalue weighted by molar-refractivity contribution is -0.877. The molecular weight excluding hydrogens is 286 g/mol. The van der Waals surface area contributed by atoms with E-state index >= 15 is 0 Å². The van der Waals surface area contributed by atoms with Crippen molar-refractivity contribution in [3.05, 3.63) is 35.9 Å². The first-order chi connectivity index (χ1) is 10.6. The number of nitrogens with zero attached hydrogens (tertiary/aromatic N) is 1. The highest BCUT2D eigenvalue weighted by atomic mass is 32.2. The van der Waals surface area contributed by atoms with Crippen LogP contribution in [0.5, 0.6) is 0 Å². The monoisotopic (exact) mass is 322 g/mol. The molecular formula is C20H36NS+. The Bertz CT molecular complexity index is 361. The van der Waals surface area contributed by atoms with Crippen molar-refractivity contribution in [1.82, 2.24) is 0 Å². The van der Waals surface area contributed by atoms with E-state index in [1.165, 1.54) is 69.4 Å². The van der Waals surface area contributed by atoms with E-state index in [4.69, 9.17) is 0 Å². The van der Waals surface area contributed by atoms with E-state index in [2.05, 4.69) is 63.1 Å². The van der Waals surface area contributed by atoms with Gasteiger partial charge in [0.25, 0.3) is 0 Å². The maximum absolute atomic E-state index is 2.37. The molecule has 0 unspecified atom stereocenters. The largest absolute Gasteiger partial charge is 0.320 e. The molecule has 0 aromatic heterocycles. The van der Waals surface area contributed by atoms with Crippen LogP contribution < -0.4 is 0 Å². The van der Waals surface area contributed by atoms with Gasteiger partial charge in [-0.2, -0.15) is 0 Å². The van der Waals surface area contributed by atoms with Crippen LogP contribution >= 0.6 is 11.8 Å². The second-order valence-electron chi connectivity index (χ2n) is 7.10. The van der Waals surface area contributed by atoms with Gasteiger partial charge in [0, 0.05) is 5.75 Å². The average molecular weight is 323 g/mol. The molecule has 0 atom stereocenters. The fraction of sp³-hybridized carbons (Fsp3) is 0.700. The van der Waals surface area contributed by atoms with Crippen molar-refractivity contribution >= 4 is 11.8 Å².